The zero-order valence-electron chi connectivity index (χ0n) is 20.4. The first-order valence-corrected chi connectivity index (χ1v) is 12.7. The smallest absolute Gasteiger partial charge is 0.446 e. The highest BCUT2D eigenvalue weighted by molar-refractivity contribution is 7.87. The number of carbonyl (C=O) groups excluding carboxylic acids is 3. The van der Waals surface area contributed by atoms with E-state index in [0.29, 0.717) is 23.8 Å². The summed E-state index contributed by atoms with van der Waals surface area (Å²) in [6.45, 7) is 7.41. The molecule has 1 heterocycles. The summed E-state index contributed by atoms with van der Waals surface area (Å²) in [5, 5.41) is -0.00514. The van der Waals surface area contributed by atoms with Gasteiger partial charge in [-0.05, 0) is 42.8 Å². The Labute approximate surface area is 211 Å². The molecule has 0 fully saturated rings. The van der Waals surface area contributed by atoms with Gasteiger partial charge < -0.3 is 4.74 Å². The van der Waals surface area contributed by atoms with Crippen molar-refractivity contribution in [1.82, 2.24) is 5.06 Å². The minimum Gasteiger partial charge on any atom is -0.446 e. The fourth-order valence-electron chi connectivity index (χ4n) is 3.99. The number of benzene rings is 2. The van der Waals surface area contributed by atoms with Crippen molar-refractivity contribution in [2.24, 2.45) is 5.92 Å². The molecule has 8 nitrogen and oxygen atoms in total. The van der Waals surface area contributed by atoms with E-state index in [1.54, 1.807) is 13.0 Å². The largest absolute Gasteiger partial charge is 0.525 e. The molecule has 0 spiro atoms. The maximum absolute atomic E-state index is 12.8. The first kappa shape index (κ1) is 28.1. The summed E-state index contributed by atoms with van der Waals surface area (Å²) >= 11 is 0. The Bertz CT molecular complexity index is 1420. The Kier molecular flexibility index (Phi) is 7.72. The molecule has 2 aromatic carbocycles. The molecule has 3 rings (SSSR count). The number of carbonyl (C=O) groups is 3. The molecule has 12 heteroatoms. The number of amides is 2. The van der Waals surface area contributed by atoms with E-state index >= 15 is 0 Å². The zero-order valence-corrected chi connectivity index (χ0v) is 21.2. The van der Waals surface area contributed by atoms with Crippen LogP contribution in [0.3, 0.4) is 0 Å². The van der Waals surface area contributed by atoms with E-state index in [-0.39, 0.29) is 28.9 Å². The fourth-order valence-corrected chi connectivity index (χ4v) is 4.41. The van der Waals surface area contributed by atoms with Gasteiger partial charge in [-0.2, -0.15) is 21.6 Å². The van der Waals surface area contributed by atoms with E-state index in [0.717, 1.165) is 0 Å². The van der Waals surface area contributed by atoms with Gasteiger partial charge >= 0.3 is 21.6 Å². The molecule has 1 unspecified atom stereocenters. The van der Waals surface area contributed by atoms with Crippen LogP contribution in [0.1, 0.15) is 73.2 Å². The number of rotatable bonds is 7. The summed E-state index contributed by atoms with van der Waals surface area (Å²) in [7, 11) is -6.27. The van der Waals surface area contributed by atoms with Crippen molar-refractivity contribution in [3.8, 4) is 11.8 Å². The molecule has 0 saturated carbocycles. The molecule has 2 aromatic rings. The molecular weight excluding hydrogens is 515 g/mol. The lowest BCUT2D eigenvalue weighted by atomic mass is 9.91. The van der Waals surface area contributed by atoms with Crippen LogP contribution in [0.15, 0.2) is 30.3 Å². The van der Waals surface area contributed by atoms with Crippen LogP contribution in [0.4, 0.5) is 13.2 Å². The van der Waals surface area contributed by atoms with E-state index in [1.165, 1.54) is 24.3 Å². The van der Waals surface area contributed by atoms with Crippen LogP contribution in [0, 0.1) is 17.8 Å². The lowest BCUT2D eigenvalue weighted by molar-refractivity contribution is -0.154. The number of imide groups is 1. The highest BCUT2D eigenvalue weighted by Gasteiger charge is 2.51. The third-order valence-corrected chi connectivity index (χ3v) is 6.29. The fraction of sp³-hybridized carbons (Fsp3) is 0.400. The van der Waals surface area contributed by atoms with Gasteiger partial charge in [-0.3, -0.25) is 14.4 Å². The lowest BCUT2D eigenvalue weighted by Gasteiger charge is -2.26. The maximum Gasteiger partial charge on any atom is 0.525 e. The number of ether oxygens (including phenoxy) is 1. The van der Waals surface area contributed by atoms with Gasteiger partial charge in [0, 0.05) is 23.8 Å². The second-order valence-electron chi connectivity index (χ2n) is 9.07. The predicted molar refractivity (Wildman–Crippen MR) is 126 cm³/mol. The van der Waals surface area contributed by atoms with Gasteiger partial charge in [-0.1, -0.05) is 44.7 Å². The number of esters is 1. The minimum absolute atomic E-state index is 0.0853. The number of hydrogen-bond acceptors (Lipinski definition) is 7. The first-order chi connectivity index (χ1) is 17.1. The standard InChI is InChI=1S/C25H24F3NO7S/c1-5-7-20(30)35-24(4,14-15(2)3)13-12-16-10-11-19-21-17(16)8-6-9-18(21)22(31)29(23(19)32)36-37(33,34)25(26,27)28/h6,8-11,15H,5,7,14H2,1-4H3. The van der Waals surface area contributed by atoms with E-state index in [1.807, 2.05) is 20.8 Å². The molecule has 0 aliphatic carbocycles. The van der Waals surface area contributed by atoms with Crippen molar-refractivity contribution < 1.29 is 45.0 Å². The quantitative estimate of drug-likeness (QED) is 0.217. The highest BCUT2D eigenvalue weighted by atomic mass is 32.2. The van der Waals surface area contributed by atoms with Crippen LogP contribution >= 0.6 is 0 Å². The monoisotopic (exact) mass is 539 g/mol. The van der Waals surface area contributed by atoms with Gasteiger partial charge in [0.15, 0.2) is 5.60 Å². The van der Waals surface area contributed by atoms with Gasteiger partial charge in [-0.15, -0.1) is 9.35 Å². The number of nitrogens with zero attached hydrogens (tertiary/aromatic N) is 1. The van der Waals surface area contributed by atoms with Crippen LogP contribution in [0.25, 0.3) is 10.8 Å². The number of hydroxylamine groups is 2. The third-order valence-electron chi connectivity index (χ3n) is 5.38. The number of halogens is 3. The average Bonchev–Trinajstić information content (AvgIpc) is 2.77. The van der Waals surface area contributed by atoms with Gasteiger partial charge in [0.25, 0.3) is 11.8 Å². The van der Waals surface area contributed by atoms with E-state index in [9.17, 15) is 36.0 Å². The Morgan fingerprint density at radius 2 is 1.70 bits per heavy atom. The summed E-state index contributed by atoms with van der Waals surface area (Å²) in [5.74, 6) is 2.91. The Hall–Kier alpha value is -3.43. The molecule has 198 valence electrons. The van der Waals surface area contributed by atoms with Gasteiger partial charge in [-0.25, -0.2) is 0 Å². The topological polar surface area (TPSA) is 107 Å². The zero-order chi connectivity index (χ0) is 27.8. The number of hydrogen-bond donors (Lipinski definition) is 0. The van der Waals surface area contributed by atoms with Crippen LogP contribution in [0.2, 0.25) is 0 Å². The number of alkyl halides is 3. The van der Waals surface area contributed by atoms with Crippen LogP contribution in [-0.4, -0.2) is 42.4 Å². The van der Waals surface area contributed by atoms with Crippen molar-refractivity contribution >= 4 is 38.7 Å². The molecule has 0 bridgehead atoms. The molecule has 0 N–H and O–H groups in total. The van der Waals surface area contributed by atoms with Gasteiger partial charge in [0.1, 0.15) is 0 Å². The van der Waals surface area contributed by atoms with Crippen molar-refractivity contribution in [2.75, 3.05) is 0 Å². The summed E-state index contributed by atoms with van der Waals surface area (Å²) < 4.78 is 70.8. The molecule has 2 amide bonds. The van der Waals surface area contributed by atoms with E-state index in [2.05, 4.69) is 16.1 Å². The molecule has 0 aromatic heterocycles. The van der Waals surface area contributed by atoms with Crippen LogP contribution in [-0.2, 0) is 23.9 Å². The normalized spacial score (nSPS) is 15.4. The summed E-state index contributed by atoms with van der Waals surface area (Å²) in [4.78, 5) is 37.8. The average molecular weight is 540 g/mol. The van der Waals surface area contributed by atoms with Gasteiger partial charge in [0.05, 0.1) is 11.1 Å². The summed E-state index contributed by atoms with van der Waals surface area (Å²) in [5.41, 5.74) is -7.09. The van der Waals surface area contributed by atoms with E-state index in [4.69, 9.17) is 4.74 Å². The van der Waals surface area contributed by atoms with Crippen molar-refractivity contribution in [1.29, 1.82) is 0 Å². The van der Waals surface area contributed by atoms with Crippen molar-refractivity contribution in [3.63, 3.8) is 0 Å². The second kappa shape index (κ2) is 10.1. The second-order valence-corrected chi connectivity index (χ2v) is 10.6. The Balaban J connectivity index is 2.08. The maximum atomic E-state index is 12.8. The molecule has 1 aliphatic rings. The predicted octanol–water partition coefficient (Wildman–Crippen LogP) is 4.72. The van der Waals surface area contributed by atoms with Gasteiger partial charge in [0.2, 0.25) is 0 Å². The molecule has 0 radical (unpaired) electrons. The molecule has 1 aliphatic heterocycles. The summed E-state index contributed by atoms with van der Waals surface area (Å²) in [6.07, 6.45) is 1.27. The van der Waals surface area contributed by atoms with Crippen molar-refractivity contribution in [2.45, 2.75) is 58.1 Å². The van der Waals surface area contributed by atoms with Crippen LogP contribution < -0.4 is 0 Å². The van der Waals surface area contributed by atoms with Crippen LogP contribution in [0.5, 0.6) is 0 Å². The Morgan fingerprint density at radius 1 is 1.08 bits per heavy atom. The minimum atomic E-state index is -6.27. The summed E-state index contributed by atoms with van der Waals surface area (Å²) in [6, 6.07) is 6.81. The SMILES string of the molecule is CCCC(=O)OC(C)(C#Cc1ccc2c3c(cccc13)C(=O)N(OS(=O)(=O)C(F)(F)F)C2=O)CC(C)C. The highest BCUT2D eigenvalue weighted by Crippen LogP contribution is 2.34. The molecule has 0 saturated heterocycles. The molecule has 37 heavy (non-hydrogen) atoms. The Morgan fingerprint density at radius 3 is 2.27 bits per heavy atom. The first-order valence-electron chi connectivity index (χ1n) is 11.3. The molecular formula is C25H24F3NO7S. The van der Waals surface area contributed by atoms with Crippen molar-refractivity contribution in [3.05, 3.63) is 47.0 Å². The third kappa shape index (κ3) is 5.78. The molecule has 1 atom stereocenters. The lowest BCUT2D eigenvalue weighted by Crippen LogP contribution is -2.44. The van der Waals surface area contributed by atoms with E-state index < -0.39 is 44.1 Å².